The quantitative estimate of drug-likeness (QED) is 0.562. The molecule has 0 fully saturated rings. The number of benzene rings is 1. The zero-order valence-electron chi connectivity index (χ0n) is 13.4. The summed E-state index contributed by atoms with van der Waals surface area (Å²) < 4.78 is 6.33. The summed E-state index contributed by atoms with van der Waals surface area (Å²) in [5.74, 6) is 0.453. The van der Waals surface area contributed by atoms with Gasteiger partial charge in [-0.1, -0.05) is 23.4 Å². The average Bonchev–Trinajstić information content (AvgIpc) is 3.28. The molecule has 4 rings (SSSR count). The number of carbonyl (C=O) groups is 1. The minimum absolute atomic E-state index is 0.142. The van der Waals surface area contributed by atoms with Gasteiger partial charge in [-0.25, -0.2) is 4.98 Å². The van der Waals surface area contributed by atoms with Crippen LogP contribution in [0.3, 0.4) is 0 Å². The summed E-state index contributed by atoms with van der Waals surface area (Å²) in [5, 5.41) is 4.48. The summed E-state index contributed by atoms with van der Waals surface area (Å²) in [6.07, 6.45) is 1.70. The molecule has 6 nitrogen and oxygen atoms in total. The zero-order chi connectivity index (χ0) is 17.2. The second kappa shape index (κ2) is 6.45. The van der Waals surface area contributed by atoms with Crippen LogP contribution < -0.4 is 0 Å². The largest absolute Gasteiger partial charge is 0.359 e. The summed E-state index contributed by atoms with van der Waals surface area (Å²) in [6.45, 7) is 0.314. The number of nitrogens with zero attached hydrogens (tertiary/aromatic N) is 4. The Kier molecular flexibility index (Phi) is 3.99. The topological polar surface area (TPSA) is 72.1 Å². The molecule has 0 unspecified atom stereocenters. The molecule has 0 N–H and O–H groups in total. The van der Waals surface area contributed by atoms with Crippen LogP contribution in [0, 0.1) is 0 Å². The molecule has 3 aromatic heterocycles. The van der Waals surface area contributed by atoms with E-state index in [0.717, 1.165) is 15.9 Å². The monoisotopic (exact) mass is 350 g/mol. The summed E-state index contributed by atoms with van der Waals surface area (Å²) in [7, 11) is 1.72. The number of thiazole rings is 1. The zero-order valence-corrected chi connectivity index (χ0v) is 14.2. The molecule has 124 valence electrons. The standard InChI is InChI=1S/C18H14N4O2S/c1-22(18(23)17-20-14-7-2-3-8-16(14)25-17)11-12-10-15(21-24-12)13-6-4-5-9-19-13/h2-10H,11H2,1H3. The van der Waals surface area contributed by atoms with E-state index >= 15 is 0 Å². The van der Waals surface area contributed by atoms with Crippen molar-refractivity contribution in [3.05, 3.63) is 65.5 Å². The Morgan fingerprint density at radius 2 is 2.00 bits per heavy atom. The minimum atomic E-state index is -0.142. The van der Waals surface area contributed by atoms with Crippen LogP contribution in [-0.2, 0) is 6.54 Å². The number of pyridine rings is 1. The minimum Gasteiger partial charge on any atom is -0.359 e. The van der Waals surface area contributed by atoms with Crippen molar-refractivity contribution in [3.63, 3.8) is 0 Å². The number of para-hydroxylation sites is 1. The average molecular weight is 350 g/mol. The molecular weight excluding hydrogens is 336 g/mol. The van der Waals surface area contributed by atoms with E-state index in [1.165, 1.54) is 11.3 Å². The van der Waals surface area contributed by atoms with Crippen molar-refractivity contribution in [1.29, 1.82) is 0 Å². The smallest absolute Gasteiger partial charge is 0.283 e. The molecule has 0 aliphatic carbocycles. The Morgan fingerprint density at radius 1 is 1.16 bits per heavy atom. The maximum atomic E-state index is 12.6. The van der Waals surface area contributed by atoms with E-state index in [4.69, 9.17) is 4.52 Å². The molecule has 0 aliphatic rings. The Labute approximate surface area is 147 Å². The van der Waals surface area contributed by atoms with Gasteiger partial charge in [0.2, 0.25) is 0 Å². The molecule has 7 heteroatoms. The van der Waals surface area contributed by atoms with E-state index in [1.54, 1.807) is 24.2 Å². The molecule has 0 spiro atoms. The van der Waals surface area contributed by atoms with Crippen LogP contribution in [0.25, 0.3) is 21.6 Å². The molecule has 1 amide bonds. The van der Waals surface area contributed by atoms with Gasteiger partial charge in [-0.2, -0.15) is 0 Å². The Balaban J connectivity index is 1.50. The summed E-state index contributed by atoms with van der Waals surface area (Å²) in [4.78, 5) is 22.8. The third kappa shape index (κ3) is 3.14. The van der Waals surface area contributed by atoms with Gasteiger partial charge in [0.05, 0.1) is 22.5 Å². The first kappa shape index (κ1) is 15.5. The van der Waals surface area contributed by atoms with Crippen molar-refractivity contribution < 1.29 is 9.32 Å². The predicted octanol–water partition coefficient (Wildman–Crippen LogP) is 3.62. The first-order valence-corrected chi connectivity index (χ1v) is 8.50. The van der Waals surface area contributed by atoms with Crippen LogP contribution in [0.15, 0.2) is 59.3 Å². The lowest BCUT2D eigenvalue weighted by atomic mass is 10.2. The maximum absolute atomic E-state index is 12.6. The molecule has 4 aromatic rings. The highest BCUT2D eigenvalue weighted by atomic mass is 32.1. The number of hydrogen-bond acceptors (Lipinski definition) is 6. The summed E-state index contributed by atoms with van der Waals surface area (Å²) in [6, 6.07) is 15.1. The van der Waals surface area contributed by atoms with Gasteiger partial charge in [-0.3, -0.25) is 9.78 Å². The van der Waals surface area contributed by atoms with Crippen LogP contribution in [-0.4, -0.2) is 33.0 Å². The van der Waals surface area contributed by atoms with Crippen molar-refractivity contribution in [2.75, 3.05) is 7.05 Å². The molecular formula is C18H14N4O2S. The molecule has 25 heavy (non-hydrogen) atoms. The fourth-order valence-corrected chi connectivity index (χ4v) is 3.42. The molecule has 0 atom stereocenters. The SMILES string of the molecule is CN(Cc1cc(-c2ccccn2)no1)C(=O)c1nc2ccccc2s1. The van der Waals surface area contributed by atoms with Gasteiger partial charge in [0, 0.05) is 19.3 Å². The van der Waals surface area contributed by atoms with Crippen molar-refractivity contribution in [3.8, 4) is 11.4 Å². The van der Waals surface area contributed by atoms with Crippen molar-refractivity contribution in [2.24, 2.45) is 0 Å². The van der Waals surface area contributed by atoms with Crippen LogP contribution >= 0.6 is 11.3 Å². The van der Waals surface area contributed by atoms with Gasteiger partial charge >= 0.3 is 0 Å². The first-order chi connectivity index (χ1) is 12.2. The lowest BCUT2D eigenvalue weighted by Crippen LogP contribution is -2.25. The predicted molar refractivity (Wildman–Crippen MR) is 95.2 cm³/mol. The van der Waals surface area contributed by atoms with Crippen molar-refractivity contribution >= 4 is 27.5 Å². The fraction of sp³-hybridized carbons (Fsp3) is 0.111. The third-order valence-electron chi connectivity index (χ3n) is 3.70. The molecule has 0 saturated heterocycles. The normalized spacial score (nSPS) is 10.9. The Morgan fingerprint density at radius 3 is 2.80 bits per heavy atom. The van der Waals surface area contributed by atoms with Gasteiger partial charge in [0.25, 0.3) is 5.91 Å². The number of amides is 1. The van der Waals surface area contributed by atoms with Gasteiger partial charge in [-0.15, -0.1) is 11.3 Å². The lowest BCUT2D eigenvalue weighted by Gasteiger charge is -2.12. The molecule has 0 bridgehead atoms. The Hall–Kier alpha value is -3.06. The Bertz CT molecular complexity index is 993. The third-order valence-corrected chi connectivity index (χ3v) is 4.73. The van der Waals surface area contributed by atoms with Crippen LogP contribution in [0.1, 0.15) is 15.6 Å². The van der Waals surface area contributed by atoms with Crippen molar-refractivity contribution in [1.82, 2.24) is 20.0 Å². The molecule has 1 aromatic carbocycles. The van der Waals surface area contributed by atoms with Gasteiger partial charge in [0.1, 0.15) is 5.69 Å². The summed E-state index contributed by atoms with van der Waals surface area (Å²) >= 11 is 1.39. The highest BCUT2D eigenvalue weighted by Gasteiger charge is 2.18. The molecule has 0 radical (unpaired) electrons. The van der Waals surface area contributed by atoms with Gasteiger partial charge in [0.15, 0.2) is 10.8 Å². The number of fused-ring (bicyclic) bond motifs is 1. The van der Waals surface area contributed by atoms with E-state index in [1.807, 2.05) is 42.5 Å². The molecule has 0 aliphatic heterocycles. The van der Waals surface area contributed by atoms with E-state index in [-0.39, 0.29) is 5.91 Å². The highest BCUT2D eigenvalue weighted by molar-refractivity contribution is 7.20. The second-order valence-electron chi connectivity index (χ2n) is 5.54. The van der Waals surface area contributed by atoms with Crippen LogP contribution in [0.5, 0.6) is 0 Å². The van der Waals surface area contributed by atoms with Crippen LogP contribution in [0.2, 0.25) is 0 Å². The van der Waals surface area contributed by atoms with Gasteiger partial charge < -0.3 is 9.42 Å². The summed E-state index contributed by atoms with van der Waals surface area (Å²) in [5.41, 5.74) is 2.22. The van der Waals surface area contributed by atoms with E-state index in [0.29, 0.717) is 23.0 Å². The maximum Gasteiger partial charge on any atom is 0.283 e. The van der Waals surface area contributed by atoms with E-state index in [9.17, 15) is 4.79 Å². The molecule has 3 heterocycles. The van der Waals surface area contributed by atoms with E-state index < -0.39 is 0 Å². The number of carbonyl (C=O) groups excluding carboxylic acids is 1. The number of rotatable bonds is 4. The first-order valence-electron chi connectivity index (χ1n) is 7.69. The molecule has 0 saturated carbocycles. The van der Waals surface area contributed by atoms with Crippen LogP contribution in [0.4, 0.5) is 0 Å². The second-order valence-corrected chi connectivity index (χ2v) is 6.57. The number of hydrogen-bond donors (Lipinski definition) is 0. The van der Waals surface area contributed by atoms with Gasteiger partial charge in [-0.05, 0) is 24.3 Å². The highest BCUT2D eigenvalue weighted by Crippen LogP contribution is 2.23. The van der Waals surface area contributed by atoms with Crippen molar-refractivity contribution in [2.45, 2.75) is 6.54 Å². The number of aromatic nitrogens is 3. The fourth-order valence-electron chi connectivity index (χ4n) is 2.46. The van der Waals surface area contributed by atoms with E-state index in [2.05, 4.69) is 15.1 Å². The lowest BCUT2D eigenvalue weighted by molar-refractivity contribution is 0.0772.